The molecular formula is C30H35N5O2S2. The molecule has 2 aromatic rings. The fourth-order valence-corrected chi connectivity index (χ4v) is 7.38. The van der Waals surface area contributed by atoms with Crippen molar-refractivity contribution < 1.29 is 4.79 Å². The average Bonchev–Trinajstić information content (AvgIpc) is 3.24. The highest BCUT2D eigenvalue weighted by Gasteiger charge is 2.38. The summed E-state index contributed by atoms with van der Waals surface area (Å²) in [6.45, 7) is 8.30. The zero-order valence-corrected chi connectivity index (χ0v) is 24.3. The van der Waals surface area contributed by atoms with E-state index in [0.717, 1.165) is 69.8 Å². The second-order valence-electron chi connectivity index (χ2n) is 10.5. The third-order valence-electron chi connectivity index (χ3n) is 8.12. The Kier molecular flexibility index (Phi) is 8.55. The number of rotatable bonds is 6. The molecule has 5 rings (SSSR count). The smallest absolute Gasteiger partial charge is 0.270 e. The molecule has 2 aliphatic heterocycles. The van der Waals surface area contributed by atoms with E-state index >= 15 is 0 Å². The number of carbonyl (C=O) groups excluding carboxylic acids is 1. The molecule has 2 saturated heterocycles. The number of pyridine rings is 1. The van der Waals surface area contributed by atoms with Crippen molar-refractivity contribution in [2.24, 2.45) is 0 Å². The van der Waals surface area contributed by atoms with Crippen LogP contribution in [0.5, 0.6) is 0 Å². The van der Waals surface area contributed by atoms with Crippen LogP contribution in [0, 0.1) is 18.3 Å². The minimum absolute atomic E-state index is 0.0531. The Hall–Kier alpha value is -2.93. The van der Waals surface area contributed by atoms with E-state index in [0.29, 0.717) is 21.3 Å². The predicted octanol–water partition coefficient (Wildman–Crippen LogP) is 4.90. The van der Waals surface area contributed by atoms with Gasteiger partial charge in [0.1, 0.15) is 21.8 Å². The van der Waals surface area contributed by atoms with Gasteiger partial charge in [0.25, 0.3) is 11.5 Å². The number of piperazine rings is 1. The van der Waals surface area contributed by atoms with E-state index < -0.39 is 0 Å². The Labute approximate surface area is 240 Å². The minimum Gasteiger partial charge on any atom is -0.355 e. The number of carbonyl (C=O) groups is 1. The molecule has 1 aliphatic carbocycles. The van der Waals surface area contributed by atoms with Gasteiger partial charge in [-0.2, -0.15) is 5.26 Å². The summed E-state index contributed by atoms with van der Waals surface area (Å²) in [5.74, 6) is 0.740. The van der Waals surface area contributed by atoms with Crippen molar-refractivity contribution in [3.05, 3.63) is 67.8 Å². The van der Waals surface area contributed by atoms with E-state index in [1.807, 2.05) is 30.9 Å². The summed E-state index contributed by atoms with van der Waals surface area (Å²) in [5.41, 5.74) is 2.54. The van der Waals surface area contributed by atoms with Gasteiger partial charge in [-0.05, 0) is 43.9 Å². The van der Waals surface area contributed by atoms with Crippen LogP contribution in [-0.2, 0) is 17.9 Å². The topological polar surface area (TPSA) is 72.6 Å². The Morgan fingerprint density at radius 3 is 2.41 bits per heavy atom. The SMILES string of the molecule is CCn1c(N2CCN(Cc3ccccc3)CC2)c(C=C2SC(=S)N(C3CCCCC3)C2=O)c(C)c(C#N)c1=O. The number of nitrogens with zero attached hydrogens (tertiary/aromatic N) is 5. The van der Waals surface area contributed by atoms with Crippen LogP contribution in [0.15, 0.2) is 40.0 Å². The first-order valence-electron chi connectivity index (χ1n) is 13.9. The molecule has 0 spiro atoms. The van der Waals surface area contributed by atoms with Crippen LogP contribution in [0.2, 0.25) is 0 Å². The minimum atomic E-state index is -0.272. The zero-order chi connectivity index (χ0) is 27.5. The lowest BCUT2D eigenvalue weighted by Crippen LogP contribution is -2.48. The van der Waals surface area contributed by atoms with Crippen LogP contribution < -0.4 is 10.5 Å². The van der Waals surface area contributed by atoms with Crippen molar-refractivity contribution in [1.29, 1.82) is 5.26 Å². The molecule has 0 bridgehead atoms. The molecule has 204 valence electrons. The second-order valence-corrected chi connectivity index (χ2v) is 12.2. The first-order chi connectivity index (χ1) is 18.9. The molecule has 39 heavy (non-hydrogen) atoms. The lowest BCUT2D eigenvalue weighted by atomic mass is 9.94. The summed E-state index contributed by atoms with van der Waals surface area (Å²) in [7, 11) is 0. The van der Waals surface area contributed by atoms with E-state index in [-0.39, 0.29) is 23.1 Å². The Bertz CT molecular complexity index is 1380. The van der Waals surface area contributed by atoms with Crippen LogP contribution in [0.3, 0.4) is 0 Å². The maximum atomic E-state index is 13.6. The standard InChI is InChI=1S/C30H35N5O2S2/c1-3-34-27(33-16-14-32(15-17-33)20-22-10-6-4-7-11-22)24(21(2)25(19-31)28(34)36)18-26-29(37)35(30(38)39-26)23-12-8-5-9-13-23/h4,6-7,10-11,18,23H,3,5,8-9,12-17,20H2,1-2H3. The molecule has 9 heteroatoms. The maximum absolute atomic E-state index is 13.6. The second kappa shape index (κ2) is 12.1. The van der Waals surface area contributed by atoms with E-state index in [1.165, 1.54) is 23.7 Å². The van der Waals surface area contributed by atoms with Crippen molar-refractivity contribution in [3.63, 3.8) is 0 Å². The number of nitriles is 1. The molecule has 0 radical (unpaired) electrons. The van der Waals surface area contributed by atoms with Crippen molar-refractivity contribution >= 4 is 46.1 Å². The molecule has 1 amide bonds. The number of hydrogen-bond donors (Lipinski definition) is 0. The van der Waals surface area contributed by atoms with Gasteiger partial charge < -0.3 is 4.90 Å². The van der Waals surface area contributed by atoms with Crippen LogP contribution in [0.25, 0.3) is 6.08 Å². The lowest BCUT2D eigenvalue weighted by molar-refractivity contribution is -0.124. The lowest BCUT2D eigenvalue weighted by Gasteiger charge is -2.38. The first kappa shape index (κ1) is 27.6. The van der Waals surface area contributed by atoms with E-state index in [9.17, 15) is 14.9 Å². The van der Waals surface area contributed by atoms with Crippen molar-refractivity contribution in [1.82, 2.24) is 14.4 Å². The number of amides is 1. The normalized spacial score (nSPS) is 20.2. The predicted molar refractivity (Wildman–Crippen MR) is 162 cm³/mol. The van der Waals surface area contributed by atoms with Gasteiger partial charge in [-0.15, -0.1) is 0 Å². The molecule has 0 atom stereocenters. The maximum Gasteiger partial charge on any atom is 0.270 e. The van der Waals surface area contributed by atoms with Gasteiger partial charge in [0.2, 0.25) is 0 Å². The largest absolute Gasteiger partial charge is 0.355 e. The fraction of sp³-hybridized carbons (Fsp3) is 0.467. The summed E-state index contributed by atoms with van der Waals surface area (Å²) in [6, 6.07) is 12.7. The van der Waals surface area contributed by atoms with Crippen LogP contribution in [0.1, 0.15) is 61.3 Å². The fourth-order valence-electron chi connectivity index (χ4n) is 6.00. The number of aromatic nitrogens is 1. The van der Waals surface area contributed by atoms with Crippen molar-refractivity contribution in [3.8, 4) is 6.07 Å². The van der Waals surface area contributed by atoms with Gasteiger partial charge in [0, 0.05) is 50.9 Å². The highest BCUT2D eigenvalue weighted by atomic mass is 32.2. The van der Waals surface area contributed by atoms with E-state index in [1.54, 1.807) is 4.57 Å². The molecule has 3 aliphatic rings. The Balaban J connectivity index is 1.49. The molecule has 7 nitrogen and oxygen atoms in total. The molecule has 1 aromatic heterocycles. The molecule has 3 heterocycles. The monoisotopic (exact) mass is 561 g/mol. The number of hydrogen-bond acceptors (Lipinski definition) is 7. The molecule has 1 aromatic carbocycles. The van der Waals surface area contributed by atoms with E-state index in [2.05, 4.69) is 40.1 Å². The number of anilines is 1. The summed E-state index contributed by atoms with van der Waals surface area (Å²) in [6.07, 6.45) is 7.29. The highest BCUT2D eigenvalue weighted by molar-refractivity contribution is 8.26. The molecular weight excluding hydrogens is 526 g/mol. The molecule has 3 fully saturated rings. The van der Waals surface area contributed by atoms with Gasteiger partial charge in [-0.1, -0.05) is 73.6 Å². The summed E-state index contributed by atoms with van der Waals surface area (Å²) < 4.78 is 2.31. The Morgan fingerprint density at radius 2 is 1.77 bits per heavy atom. The van der Waals surface area contributed by atoms with Crippen LogP contribution in [0.4, 0.5) is 5.82 Å². The average molecular weight is 562 g/mol. The van der Waals surface area contributed by atoms with Crippen LogP contribution in [-0.4, -0.2) is 56.8 Å². The number of thiocarbonyl (C=S) groups is 1. The molecule has 0 unspecified atom stereocenters. The van der Waals surface area contributed by atoms with Gasteiger partial charge in [0.15, 0.2) is 0 Å². The van der Waals surface area contributed by atoms with Gasteiger partial charge in [0.05, 0.1) is 4.91 Å². The van der Waals surface area contributed by atoms with Gasteiger partial charge >= 0.3 is 0 Å². The third-order valence-corrected chi connectivity index (χ3v) is 9.45. The van der Waals surface area contributed by atoms with Gasteiger partial charge in [-0.25, -0.2) is 0 Å². The summed E-state index contributed by atoms with van der Waals surface area (Å²) in [5, 5.41) is 9.88. The van der Waals surface area contributed by atoms with Crippen molar-refractivity contribution in [2.75, 3.05) is 31.1 Å². The molecule has 1 saturated carbocycles. The third kappa shape index (κ3) is 5.56. The van der Waals surface area contributed by atoms with Crippen LogP contribution >= 0.6 is 24.0 Å². The van der Waals surface area contributed by atoms with Gasteiger partial charge in [-0.3, -0.25) is 24.0 Å². The summed E-state index contributed by atoms with van der Waals surface area (Å²) in [4.78, 5) is 34.0. The quantitative estimate of drug-likeness (QED) is 0.367. The number of thioether (sulfide) groups is 1. The zero-order valence-electron chi connectivity index (χ0n) is 22.7. The first-order valence-corrected chi connectivity index (χ1v) is 15.1. The molecule has 0 N–H and O–H groups in total. The van der Waals surface area contributed by atoms with E-state index in [4.69, 9.17) is 12.2 Å². The Morgan fingerprint density at radius 1 is 1.08 bits per heavy atom. The number of benzene rings is 1. The highest BCUT2D eigenvalue weighted by Crippen LogP contribution is 2.39. The van der Waals surface area contributed by atoms with Crippen molar-refractivity contribution in [2.45, 2.75) is 65.1 Å². The summed E-state index contributed by atoms with van der Waals surface area (Å²) >= 11 is 7.01.